The summed E-state index contributed by atoms with van der Waals surface area (Å²) in [6.07, 6.45) is 2.30. The van der Waals surface area contributed by atoms with Crippen molar-refractivity contribution in [2.45, 2.75) is 13.0 Å². The number of carbonyl (C=O) groups is 1. The molecule has 0 saturated heterocycles. The molecule has 5 nitrogen and oxygen atoms in total. The van der Waals surface area contributed by atoms with Crippen LogP contribution in [0.3, 0.4) is 0 Å². The molecule has 0 aliphatic rings. The Hall–Kier alpha value is -1.72. The minimum atomic E-state index is -0.229. The molecule has 2 rings (SSSR count). The molecule has 0 bridgehead atoms. The van der Waals surface area contributed by atoms with Crippen molar-refractivity contribution in [3.8, 4) is 0 Å². The van der Waals surface area contributed by atoms with Crippen molar-refractivity contribution in [2.24, 2.45) is 0 Å². The normalized spacial score (nSPS) is 10.3. The van der Waals surface area contributed by atoms with E-state index in [-0.39, 0.29) is 6.03 Å². The third-order valence-electron chi connectivity index (χ3n) is 2.62. The lowest BCUT2D eigenvalue weighted by Crippen LogP contribution is -2.36. The van der Waals surface area contributed by atoms with Gasteiger partial charge in [-0.15, -0.1) is 0 Å². The van der Waals surface area contributed by atoms with Crippen molar-refractivity contribution in [3.63, 3.8) is 0 Å². The second-order valence-electron chi connectivity index (χ2n) is 4.22. The number of hydrogen-bond acceptors (Lipinski definition) is 2. The average molecular weight is 313 g/mol. The van der Waals surface area contributed by atoms with Gasteiger partial charge in [0, 0.05) is 22.8 Å². The van der Waals surface area contributed by atoms with E-state index in [0.29, 0.717) is 29.6 Å². The Bertz CT molecular complexity index is 552. The number of carbonyl (C=O) groups excluding carboxylic acids is 1. The summed E-state index contributed by atoms with van der Waals surface area (Å²) < 4.78 is 0. The van der Waals surface area contributed by atoms with Crippen molar-refractivity contribution in [1.29, 1.82) is 0 Å². The first-order valence-corrected chi connectivity index (χ1v) is 6.84. The van der Waals surface area contributed by atoms with Gasteiger partial charge in [-0.3, -0.25) is 5.10 Å². The van der Waals surface area contributed by atoms with Gasteiger partial charge in [0.1, 0.15) is 0 Å². The van der Waals surface area contributed by atoms with Gasteiger partial charge in [0.2, 0.25) is 0 Å². The van der Waals surface area contributed by atoms with Crippen LogP contribution in [0.1, 0.15) is 11.3 Å². The number of benzene rings is 1. The molecule has 0 spiro atoms. The number of H-pyrrole nitrogens is 1. The van der Waals surface area contributed by atoms with Crippen molar-refractivity contribution in [3.05, 3.63) is 51.8 Å². The number of rotatable bonds is 5. The Kier molecular flexibility index (Phi) is 5.26. The van der Waals surface area contributed by atoms with Gasteiger partial charge in [0.05, 0.1) is 12.2 Å². The summed E-state index contributed by atoms with van der Waals surface area (Å²) in [5.41, 5.74) is 1.83. The van der Waals surface area contributed by atoms with Crippen LogP contribution >= 0.6 is 23.2 Å². The van der Waals surface area contributed by atoms with Gasteiger partial charge in [-0.2, -0.15) is 5.10 Å². The Morgan fingerprint density at radius 1 is 1.20 bits per heavy atom. The van der Waals surface area contributed by atoms with E-state index >= 15 is 0 Å². The fourth-order valence-corrected chi connectivity index (χ4v) is 2.27. The molecule has 2 aromatic rings. The predicted molar refractivity (Wildman–Crippen MR) is 79.0 cm³/mol. The maximum absolute atomic E-state index is 11.6. The lowest BCUT2D eigenvalue weighted by atomic mass is 10.1. The van der Waals surface area contributed by atoms with Gasteiger partial charge in [0.25, 0.3) is 0 Å². The number of nitrogens with one attached hydrogen (secondary N) is 3. The molecule has 0 aliphatic heterocycles. The zero-order valence-electron chi connectivity index (χ0n) is 10.6. The van der Waals surface area contributed by atoms with E-state index in [1.54, 1.807) is 18.3 Å². The highest BCUT2D eigenvalue weighted by Crippen LogP contribution is 2.19. The highest BCUT2D eigenvalue weighted by molar-refractivity contribution is 6.34. The van der Waals surface area contributed by atoms with Crippen LogP contribution in [-0.4, -0.2) is 22.8 Å². The van der Waals surface area contributed by atoms with E-state index in [1.807, 2.05) is 12.1 Å². The second kappa shape index (κ2) is 7.17. The second-order valence-corrected chi connectivity index (χ2v) is 5.09. The molecule has 0 unspecified atom stereocenters. The predicted octanol–water partition coefficient (Wildman–Crippen LogP) is 2.76. The van der Waals surface area contributed by atoms with Crippen LogP contribution in [0.5, 0.6) is 0 Å². The fourth-order valence-electron chi connectivity index (χ4n) is 1.70. The molecule has 1 aromatic carbocycles. The van der Waals surface area contributed by atoms with Crippen LogP contribution in [0.25, 0.3) is 0 Å². The van der Waals surface area contributed by atoms with Crippen LogP contribution in [0.2, 0.25) is 10.0 Å². The monoisotopic (exact) mass is 312 g/mol. The van der Waals surface area contributed by atoms with Gasteiger partial charge < -0.3 is 10.6 Å². The maximum atomic E-state index is 11.6. The van der Waals surface area contributed by atoms with Crippen LogP contribution in [0, 0.1) is 0 Å². The standard InChI is InChI=1S/C13H14Cl2N4O/c14-10-5-9(6-11(15)7-10)1-3-16-13(20)17-8-12-2-4-18-19-12/h2,4-7H,1,3,8H2,(H,18,19)(H2,16,17,20). The fraction of sp³-hybridized carbons (Fsp3) is 0.231. The minimum Gasteiger partial charge on any atom is -0.338 e. The van der Waals surface area contributed by atoms with E-state index in [4.69, 9.17) is 23.2 Å². The SMILES string of the molecule is O=C(NCCc1cc(Cl)cc(Cl)c1)NCc1ccn[nH]1. The summed E-state index contributed by atoms with van der Waals surface area (Å²) in [5.74, 6) is 0. The van der Waals surface area contributed by atoms with Crippen molar-refractivity contribution >= 4 is 29.2 Å². The van der Waals surface area contributed by atoms with E-state index < -0.39 is 0 Å². The first-order chi connectivity index (χ1) is 9.63. The van der Waals surface area contributed by atoms with Crippen LogP contribution in [0.4, 0.5) is 4.79 Å². The van der Waals surface area contributed by atoms with E-state index in [0.717, 1.165) is 11.3 Å². The minimum absolute atomic E-state index is 0.229. The highest BCUT2D eigenvalue weighted by atomic mass is 35.5. The quantitative estimate of drug-likeness (QED) is 0.794. The van der Waals surface area contributed by atoms with Gasteiger partial charge >= 0.3 is 6.03 Å². The number of aromatic amines is 1. The van der Waals surface area contributed by atoms with Crippen LogP contribution < -0.4 is 10.6 Å². The molecule has 2 amide bonds. The van der Waals surface area contributed by atoms with E-state index in [2.05, 4.69) is 20.8 Å². The number of hydrogen-bond donors (Lipinski definition) is 3. The lowest BCUT2D eigenvalue weighted by Gasteiger charge is -2.07. The topological polar surface area (TPSA) is 69.8 Å². The number of urea groups is 1. The number of aromatic nitrogens is 2. The van der Waals surface area contributed by atoms with Crippen LogP contribution in [-0.2, 0) is 13.0 Å². The third kappa shape index (κ3) is 4.75. The van der Waals surface area contributed by atoms with Gasteiger partial charge in [-0.05, 0) is 36.2 Å². The summed E-state index contributed by atoms with van der Waals surface area (Å²) in [5, 5.41) is 13.2. The van der Waals surface area contributed by atoms with E-state index in [9.17, 15) is 4.79 Å². The Labute approximate surface area is 126 Å². The van der Waals surface area contributed by atoms with Crippen molar-refractivity contribution in [1.82, 2.24) is 20.8 Å². The summed E-state index contributed by atoms with van der Waals surface area (Å²) in [4.78, 5) is 11.6. The zero-order chi connectivity index (χ0) is 14.4. The van der Waals surface area contributed by atoms with Crippen LogP contribution in [0.15, 0.2) is 30.5 Å². The summed E-state index contributed by atoms with van der Waals surface area (Å²) in [6.45, 7) is 0.917. The summed E-state index contributed by atoms with van der Waals surface area (Å²) in [6, 6.07) is 6.91. The van der Waals surface area contributed by atoms with Gasteiger partial charge in [-0.25, -0.2) is 4.79 Å². The third-order valence-corrected chi connectivity index (χ3v) is 3.06. The molecule has 7 heteroatoms. The Balaban J connectivity index is 1.71. The Morgan fingerprint density at radius 2 is 1.95 bits per heavy atom. The highest BCUT2D eigenvalue weighted by Gasteiger charge is 2.02. The molecule has 20 heavy (non-hydrogen) atoms. The number of nitrogens with zero attached hydrogens (tertiary/aromatic N) is 1. The molecule has 0 radical (unpaired) electrons. The molecule has 3 N–H and O–H groups in total. The molecule has 0 saturated carbocycles. The number of amides is 2. The average Bonchev–Trinajstić information content (AvgIpc) is 2.88. The molecular weight excluding hydrogens is 299 g/mol. The molecule has 0 atom stereocenters. The smallest absolute Gasteiger partial charge is 0.315 e. The van der Waals surface area contributed by atoms with Gasteiger partial charge in [-0.1, -0.05) is 23.2 Å². The van der Waals surface area contributed by atoms with Crippen molar-refractivity contribution in [2.75, 3.05) is 6.54 Å². The maximum Gasteiger partial charge on any atom is 0.315 e. The first kappa shape index (κ1) is 14.7. The first-order valence-electron chi connectivity index (χ1n) is 6.08. The molecule has 0 aliphatic carbocycles. The molecule has 106 valence electrons. The molecule has 1 aromatic heterocycles. The molecule has 0 fully saturated rings. The van der Waals surface area contributed by atoms with Crippen molar-refractivity contribution < 1.29 is 4.79 Å². The van der Waals surface area contributed by atoms with Gasteiger partial charge in [0.15, 0.2) is 0 Å². The van der Waals surface area contributed by atoms with E-state index in [1.165, 1.54) is 0 Å². The largest absolute Gasteiger partial charge is 0.338 e. The molecular formula is C13H14Cl2N4O. The lowest BCUT2D eigenvalue weighted by molar-refractivity contribution is 0.240. The summed E-state index contributed by atoms with van der Waals surface area (Å²) >= 11 is 11.8. The Morgan fingerprint density at radius 3 is 2.60 bits per heavy atom. The summed E-state index contributed by atoms with van der Waals surface area (Å²) in [7, 11) is 0. The zero-order valence-corrected chi connectivity index (χ0v) is 12.1. The molecule has 1 heterocycles. The number of halogens is 2.